The van der Waals surface area contributed by atoms with Crippen LogP contribution in [-0.4, -0.2) is 39.1 Å². The number of nitrogens with zero attached hydrogens (tertiary/aromatic N) is 1. The second kappa shape index (κ2) is 11.7. The van der Waals surface area contributed by atoms with Gasteiger partial charge in [-0.05, 0) is 66.1 Å². The Balaban J connectivity index is 1.81. The van der Waals surface area contributed by atoms with Crippen molar-refractivity contribution in [1.82, 2.24) is 0 Å². The SMILES string of the molecule is COC(=O)C1=C(N)N(c2ccc(F)cc2)C2=C(C(=O)[C@H](C(=O)OC)[C@H](c3ccc(OC)cc3)C2)[C@@H]1c1cccc(Cl)c1. The summed E-state index contributed by atoms with van der Waals surface area (Å²) in [6.07, 6.45) is 0.163. The molecule has 42 heavy (non-hydrogen) atoms. The van der Waals surface area contributed by atoms with Crippen molar-refractivity contribution in [2.45, 2.75) is 18.3 Å². The number of rotatable bonds is 6. The third kappa shape index (κ3) is 5.00. The zero-order chi connectivity index (χ0) is 30.1. The quantitative estimate of drug-likeness (QED) is 0.307. The van der Waals surface area contributed by atoms with Crippen LogP contribution in [0.2, 0.25) is 5.02 Å². The smallest absolute Gasteiger partial charge is 0.338 e. The maximum absolute atomic E-state index is 14.6. The van der Waals surface area contributed by atoms with Gasteiger partial charge >= 0.3 is 11.9 Å². The van der Waals surface area contributed by atoms with E-state index in [1.807, 2.05) is 0 Å². The van der Waals surface area contributed by atoms with Crippen LogP contribution in [-0.2, 0) is 23.9 Å². The fourth-order valence-electron chi connectivity index (χ4n) is 5.80. The van der Waals surface area contributed by atoms with E-state index in [1.165, 1.54) is 38.5 Å². The van der Waals surface area contributed by atoms with Crippen molar-refractivity contribution in [2.75, 3.05) is 26.2 Å². The highest BCUT2D eigenvalue weighted by Crippen LogP contribution is 2.51. The highest BCUT2D eigenvalue weighted by Gasteiger charge is 2.51. The number of ketones is 1. The van der Waals surface area contributed by atoms with Gasteiger partial charge in [-0.3, -0.25) is 14.5 Å². The van der Waals surface area contributed by atoms with Crippen molar-refractivity contribution < 1.29 is 33.0 Å². The number of nitrogens with two attached hydrogens (primary N) is 1. The van der Waals surface area contributed by atoms with E-state index in [1.54, 1.807) is 60.5 Å². The first-order chi connectivity index (χ1) is 20.2. The van der Waals surface area contributed by atoms with Crippen LogP contribution in [0.5, 0.6) is 5.75 Å². The van der Waals surface area contributed by atoms with Crippen molar-refractivity contribution in [2.24, 2.45) is 11.7 Å². The third-order valence-corrected chi connectivity index (χ3v) is 7.94. The van der Waals surface area contributed by atoms with Crippen LogP contribution in [0.3, 0.4) is 0 Å². The van der Waals surface area contributed by atoms with E-state index in [4.69, 9.17) is 31.5 Å². The Hall–Kier alpha value is -4.63. The van der Waals surface area contributed by atoms with E-state index < -0.39 is 41.3 Å². The number of ether oxygens (including phenoxy) is 3. The summed E-state index contributed by atoms with van der Waals surface area (Å²) < 4.78 is 29.5. The Morgan fingerprint density at radius 3 is 2.24 bits per heavy atom. The minimum absolute atomic E-state index is 0.00924. The lowest BCUT2D eigenvalue weighted by atomic mass is 9.67. The van der Waals surface area contributed by atoms with Gasteiger partial charge in [0.1, 0.15) is 23.3 Å². The highest BCUT2D eigenvalue weighted by atomic mass is 35.5. The molecule has 0 aromatic heterocycles. The summed E-state index contributed by atoms with van der Waals surface area (Å²) in [7, 11) is 3.98. The van der Waals surface area contributed by atoms with Gasteiger partial charge in [0, 0.05) is 27.9 Å². The summed E-state index contributed by atoms with van der Waals surface area (Å²) in [5, 5.41) is 0.377. The number of benzene rings is 3. The molecule has 0 bridgehead atoms. The van der Waals surface area contributed by atoms with Gasteiger partial charge in [-0.25, -0.2) is 9.18 Å². The van der Waals surface area contributed by atoms with Crippen LogP contribution in [0.25, 0.3) is 0 Å². The molecule has 2 aliphatic rings. The maximum atomic E-state index is 14.6. The molecular formula is C32H28ClFN2O6. The second-order valence-corrected chi connectivity index (χ2v) is 10.3. The number of carbonyl (C=O) groups is 3. The van der Waals surface area contributed by atoms with E-state index in [2.05, 4.69) is 0 Å². The van der Waals surface area contributed by atoms with Gasteiger partial charge in [-0.15, -0.1) is 0 Å². The van der Waals surface area contributed by atoms with E-state index in [9.17, 15) is 18.8 Å². The minimum Gasteiger partial charge on any atom is -0.497 e. The van der Waals surface area contributed by atoms with Crippen molar-refractivity contribution in [3.63, 3.8) is 0 Å². The summed E-state index contributed by atoms with van der Waals surface area (Å²) in [6, 6.07) is 19.3. The topological polar surface area (TPSA) is 108 Å². The first-order valence-corrected chi connectivity index (χ1v) is 13.5. The number of hydrogen-bond acceptors (Lipinski definition) is 8. The molecule has 2 N–H and O–H groups in total. The standard InChI is InChI=1S/C32H28ClFN2O6/c1-40-22-13-7-17(8-14-22)23-16-24-27(29(37)26(23)31(38)41-2)25(18-5-4-6-19(33)15-18)28(32(39)42-3)30(35)36(24)21-11-9-20(34)10-12-21/h4-15,23,25-26H,16,35H2,1-3H3/t23-,25-,26+/m0/s1. The molecule has 0 amide bonds. The van der Waals surface area contributed by atoms with E-state index >= 15 is 0 Å². The number of carbonyl (C=O) groups excluding carboxylic acids is 3. The molecule has 1 aliphatic carbocycles. The van der Waals surface area contributed by atoms with E-state index in [-0.39, 0.29) is 23.4 Å². The minimum atomic E-state index is -1.22. The van der Waals surface area contributed by atoms with Crippen LogP contribution in [0.1, 0.15) is 29.4 Å². The molecule has 3 aromatic carbocycles. The lowest BCUT2D eigenvalue weighted by Gasteiger charge is -2.44. The zero-order valence-corrected chi connectivity index (χ0v) is 23.9. The molecule has 8 nitrogen and oxygen atoms in total. The average molecular weight is 591 g/mol. The number of methoxy groups -OCH3 is 3. The molecule has 3 aromatic rings. The van der Waals surface area contributed by atoms with Crippen LogP contribution in [0, 0.1) is 11.7 Å². The van der Waals surface area contributed by atoms with Gasteiger partial charge < -0.3 is 19.9 Å². The molecule has 5 rings (SSSR count). The molecule has 10 heteroatoms. The van der Waals surface area contributed by atoms with Crippen LogP contribution in [0.4, 0.5) is 10.1 Å². The zero-order valence-electron chi connectivity index (χ0n) is 23.1. The summed E-state index contributed by atoms with van der Waals surface area (Å²) in [4.78, 5) is 42.8. The molecule has 3 atom stereocenters. The lowest BCUT2D eigenvalue weighted by Crippen LogP contribution is -2.46. The van der Waals surface area contributed by atoms with Gasteiger partial charge in [-0.1, -0.05) is 35.9 Å². The summed E-state index contributed by atoms with van der Waals surface area (Å²) in [6.45, 7) is 0. The fourth-order valence-corrected chi connectivity index (χ4v) is 6.00. The maximum Gasteiger partial charge on any atom is 0.338 e. The number of allylic oxidation sites excluding steroid dienone is 2. The van der Waals surface area contributed by atoms with Crippen molar-refractivity contribution in [3.8, 4) is 5.75 Å². The second-order valence-electron chi connectivity index (χ2n) is 9.90. The van der Waals surface area contributed by atoms with Crippen molar-refractivity contribution >= 4 is 35.0 Å². The molecule has 0 saturated heterocycles. The number of hydrogen-bond donors (Lipinski definition) is 1. The molecule has 0 unspecified atom stereocenters. The average Bonchev–Trinajstić information content (AvgIpc) is 3.00. The fraction of sp³-hybridized carbons (Fsp3) is 0.219. The summed E-state index contributed by atoms with van der Waals surface area (Å²) >= 11 is 6.35. The van der Waals surface area contributed by atoms with Crippen molar-refractivity contribution in [1.29, 1.82) is 0 Å². The first kappa shape index (κ1) is 28.9. The Morgan fingerprint density at radius 1 is 0.952 bits per heavy atom. The van der Waals surface area contributed by atoms with Crippen LogP contribution >= 0.6 is 11.6 Å². The first-order valence-electron chi connectivity index (χ1n) is 13.1. The molecule has 0 spiro atoms. The summed E-state index contributed by atoms with van der Waals surface area (Å²) in [5.41, 5.74) is 9.01. The van der Waals surface area contributed by atoms with Crippen LogP contribution < -0.4 is 15.4 Å². The Labute approximate surface area is 247 Å². The highest BCUT2D eigenvalue weighted by molar-refractivity contribution is 6.30. The molecule has 0 radical (unpaired) electrons. The molecule has 216 valence electrons. The van der Waals surface area contributed by atoms with Gasteiger partial charge in [0.05, 0.1) is 32.8 Å². The predicted molar refractivity (Wildman–Crippen MR) is 154 cm³/mol. The predicted octanol–water partition coefficient (Wildman–Crippen LogP) is 5.23. The Kier molecular flexibility index (Phi) is 8.04. The summed E-state index contributed by atoms with van der Waals surface area (Å²) in [5.74, 6) is -4.74. The third-order valence-electron chi connectivity index (χ3n) is 7.71. The van der Waals surface area contributed by atoms with Gasteiger partial charge in [0.25, 0.3) is 0 Å². The number of halogens is 2. The van der Waals surface area contributed by atoms with E-state index in [0.717, 1.165) is 0 Å². The van der Waals surface area contributed by atoms with Gasteiger partial charge in [0.15, 0.2) is 5.78 Å². The Bertz CT molecular complexity index is 1620. The number of esters is 2. The van der Waals surface area contributed by atoms with Gasteiger partial charge in [-0.2, -0.15) is 0 Å². The van der Waals surface area contributed by atoms with E-state index in [0.29, 0.717) is 33.3 Å². The Morgan fingerprint density at radius 2 is 1.64 bits per heavy atom. The van der Waals surface area contributed by atoms with Gasteiger partial charge in [0.2, 0.25) is 0 Å². The largest absolute Gasteiger partial charge is 0.497 e. The molecule has 0 saturated carbocycles. The molecular weight excluding hydrogens is 563 g/mol. The number of anilines is 1. The van der Waals surface area contributed by atoms with Crippen LogP contribution in [0.15, 0.2) is 95.5 Å². The molecule has 0 fully saturated rings. The normalized spacial score (nSPS) is 20.3. The van der Waals surface area contributed by atoms with Crippen molar-refractivity contribution in [3.05, 3.63) is 117 Å². The molecule has 1 heterocycles. The lowest BCUT2D eigenvalue weighted by molar-refractivity contribution is -0.150. The number of Topliss-reactive ketones (excluding diaryl/α,β-unsaturated/α-hetero) is 1. The molecule has 1 aliphatic heterocycles. The monoisotopic (exact) mass is 590 g/mol.